The van der Waals surface area contributed by atoms with E-state index in [4.69, 9.17) is 9.73 Å². The predicted octanol–water partition coefficient (Wildman–Crippen LogP) is 10.0. The molecule has 2 aliphatic heterocycles. The monoisotopic (exact) mass is 668 g/mol. The third-order valence-corrected chi connectivity index (χ3v) is 10.7. The Morgan fingerprint density at radius 2 is 1.21 bits per heavy atom. The summed E-state index contributed by atoms with van der Waals surface area (Å²) >= 11 is 0. The number of nitrogens with zero attached hydrogens (tertiary/aromatic N) is 2. The number of rotatable bonds is 4. The number of hydrogen-bond donors (Lipinski definition) is 2. The average Bonchev–Trinajstić information content (AvgIpc) is 3.51. The third-order valence-electron chi connectivity index (χ3n) is 10.7. The van der Waals surface area contributed by atoms with E-state index < -0.39 is 5.41 Å². The molecule has 2 N–H and O–H groups in total. The number of para-hydroxylation sites is 1. The van der Waals surface area contributed by atoms with Crippen LogP contribution < -0.4 is 15.4 Å². The van der Waals surface area contributed by atoms with Gasteiger partial charge in [0.25, 0.3) is 0 Å². The van der Waals surface area contributed by atoms with Gasteiger partial charge >= 0.3 is 0 Å². The van der Waals surface area contributed by atoms with Crippen LogP contribution in [0.1, 0.15) is 56.8 Å². The molecule has 0 fully saturated rings. The molecule has 3 aliphatic rings. The number of amidine groups is 1. The largest absolute Gasteiger partial charge is 0.457 e. The summed E-state index contributed by atoms with van der Waals surface area (Å²) in [5, 5.41) is 16.9. The first-order chi connectivity index (χ1) is 25.7. The lowest BCUT2D eigenvalue weighted by atomic mass is 9.65. The number of fused-ring (bicyclic) bond motifs is 9. The van der Waals surface area contributed by atoms with Crippen molar-refractivity contribution in [3.63, 3.8) is 0 Å². The van der Waals surface area contributed by atoms with Crippen molar-refractivity contribution in [2.45, 2.75) is 17.7 Å². The number of aliphatic imine (C=N–C) groups is 1. The molecule has 10 rings (SSSR count). The quantitative estimate of drug-likeness (QED) is 0.196. The molecular formula is C47H32N4O. The van der Waals surface area contributed by atoms with Crippen LogP contribution in [0.15, 0.2) is 175 Å². The smallest absolute Gasteiger partial charge is 0.132 e. The van der Waals surface area contributed by atoms with E-state index in [9.17, 15) is 5.26 Å². The number of benzene rings is 7. The van der Waals surface area contributed by atoms with Crippen molar-refractivity contribution in [1.29, 1.82) is 5.26 Å². The van der Waals surface area contributed by atoms with Crippen molar-refractivity contribution in [3.05, 3.63) is 214 Å². The molecule has 1 aliphatic carbocycles. The molecule has 52 heavy (non-hydrogen) atoms. The van der Waals surface area contributed by atoms with E-state index in [1.165, 1.54) is 22.3 Å². The van der Waals surface area contributed by atoms with E-state index in [1.807, 2.05) is 42.5 Å². The molecule has 0 saturated heterocycles. The second-order valence-electron chi connectivity index (χ2n) is 13.5. The lowest BCUT2D eigenvalue weighted by Gasteiger charge is -2.40. The maximum Gasteiger partial charge on any atom is 0.132 e. The Labute approximate surface area is 302 Å². The van der Waals surface area contributed by atoms with Gasteiger partial charge in [-0.25, -0.2) is 4.99 Å². The van der Waals surface area contributed by atoms with Crippen LogP contribution in [0.5, 0.6) is 11.5 Å². The van der Waals surface area contributed by atoms with Gasteiger partial charge in [-0.05, 0) is 74.8 Å². The fourth-order valence-corrected chi connectivity index (χ4v) is 8.29. The van der Waals surface area contributed by atoms with Gasteiger partial charge < -0.3 is 10.1 Å². The zero-order valence-corrected chi connectivity index (χ0v) is 28.1. The minimum absolute atomic E-state index is 0.141. The molecule has 7 aromatic carbocycles. The molecule has 7 aromatic rings. The zero-order chi connectivity index (χ0) is 34.6. The molecule has 3 atom stereocenters. The number of nitriles is 1. The van der Waals surface area contributed by atoms with Gasteiger partial charge in [-0.2, -0.15) is 5.26 Å². The van der Waals surface area contributed by atoms with Crippen molar-refractivity contribution in [3.8, 4) is 39.8 Å². The maximum absolute atomic E-state index is 9.45. The highest BCUT2D eigenvalue weighted by Crippen LogP contribution is 2.62. The molecule has 0 aromatic heterocycles. The number of nitrogens with one attached hydrogen (secondary N) is 2. The highest BCUT2D eigenvalue weighted by atomic mass is 16.5. The summed E-state index contributed by atoms with van der Waals surface area (Å²) in [7, 11) is 0. The molecule has 1 spiro atoms. The minimum atomic E-state index is -0.646. The van der Waals surface area contributed by atoms with Gasteiger partial charge in [0, 0.05) is 16.7 Å². The summed E-state index contributed by atoms with van der Waals surface area (Å²) in [4.78, 5) is 5.31. The Balaban J connectivity index is 1.20. The van der Waals surface area contributed by atoms with Crippen LogP contribution in [0.4, 0.5) is 0 Å². The molecule has 0 saturated carbocycles. The number of hydrogen-bond acceptors (Lipinski definition) is 5. The first-order valence-electron chi connectivity index (χ1n) is 17.6. The predicted molar refractivity (Wildman–Crippen MR) is 205 cm³/mol. The second kappa shape index (κ2) is 11.9. The maximum atomic E-state index is 9.45. The summed E-state index contributed by atoms with van der Waals surface area (Å²) in [5.41, 5.74) is 12.4. The molecule has 0 bridgehead atoms. The van der Waals surface area contributed by atoms with Crippen molar-refractivity contribution in [1.82, 2.24) is 10.6 Å². The van der Waals surface area contributed by atoms with E-state index >= 15 is 0 Å². The van der Waals surface area contributed by atoms with E-state index in [2.05, 4.69) is 144 Å². The second-order valence-corrected chi connectivity index (χ2v) is 13.5. The van der Waals surface area contributed by atoms with Crippen molar-refractivity contribution >= 4 is 5.84 Å². The summed E-state index contributed by atoms with van der Waals surface area (Å²) in [6.07, 6.45) is -0.454. The van der Waals surface area contributed by atoms with Crippen molar-refractivity contribution in [2.24, 2.45) is 4.99 Å². The van der Waals surface area contributed by atoms with Gasteiger partial charge in [-0.15, -0.1) is 0 Å². The Morgan fingerprint density at radius 3 is 2.02 bits per heavy atom. The fraction of sp³-hybridized carbons (Fsp3) is 0.0638. The van der Waals surface area contributed by atoms with Gasteiger partial charge in [-0.1, -0.05) is 140 Å². The standard InChI is InChI=1S/C47H32N4O/c48-29-30-19-21-31(22-20-30)34-24-26-43-41(27-34)47(39-17-9-10-18-42(39)52-43)38-16-8-7-15-36(38)37-25-23-35(28-40(37)47)46-50-44(32-11-3-1-4-12-32)49-45(51-46)33-13-5-2-6-14-33/h1-28,44,46,50H,(H,49,51). The summed E-state index contributed by atoms with van der Waals surface area (Å²) < 4.78 is 6.71. The normalized spacial score (nSPS) is 19.2. The van der Waals surface area contributed by atoms with Crippen LogP contribution in [0.3, 0.4) is 0 Å². The van der Waals surface area contributed by atoms with E-state index in [0.29, 0.717) is 5.56 Å². The molecule has 3 unspecified atom stereocenters. The molecule has 246 valence electrons. The first kappa shape index (κ1) is 30.1. The molecule has 5 heteroatoms. The van der Waals surface area contributed by atoms with E-state index in [1.54, 1.807) is 0 Å². The lowest BCUT2D eigenvalue weighted by Crippen LogP contribution is -2.45. The molecule has 0 amide bonds. The molecule has 2 heterocycles. The highest BCUT2D eigenvalue weighted by Gasteiger charge is 2.51. The van der Waals surface area contributed by atoms with Crippen LogP contribution >= 0.6 is 0 Å². The highest BCUT2D eigenvalue weighted by molar-refractivity contribution is 5.99. The Kier molecular flexibility index (Phi) is 6.92. The van der Waals surface area contributed by atoms with Crippen LogP contribution in [0, 0.1) is 11.3 Å². The number of ether oxygens (including phenoxy) is 1. The Morgan fingerprint density at radius 1 is 0.538 bits per heavy atom. The topological polar surface area (TPSA) is 69.4 Å². The minimum Gasteiger partial charge on any atom is -0.457 e. The fourth-order valence-electron chi connectivity index (χ4n) is 8.29. The van der Waals surface area contributed by atoms with E-state index in [0.717, 1.165) is 56.3 Å². The SMILES string of the molecule is N#Cc1ccc(-c2ccc3c(c2)C2(c4ccccc4O3)c3ccccc3-c3ccc(C4N=C(c5ccccc5)NC(c5ccccc5)N4)cc32)cc1. The Bertz CT molecular complexity index is 2570. The van der Waals surface area contributed by atoms with Crippen molar-refractivity contribution < 1.29 is 4.74 Å². The first-order valence-corrected chi connectivity index (χ1v) is 17.6. The molecule has 0 radical (unpaired) electrons. The van der Waals surface area contributed by atoms with Gasteiger partial charge in [-0.3, -0.25) is 5.32 Å². The Hall–Kier alpha value is -6.74. The zero-order valence-electron chi connectivity index (χ0n) is 28.1. The van der Waals surface area contributed by atoms with Gasteiger partial charge in [0.1, 0.15) is 29.7 Å². The summed E-state index contributed by atoms with van der Waals surface area (Å²) in [5.74, 6) is 2.53. The van der Waals surface area contributed by atoms with Gasteiger partial charge in [0.2, 0.25) is 0 Å². The van der Waals surface area contributed by atoms with Crippen LogP contribution in [-0.2, 0) is 5.41 Å². The van der Waals surface area contributed by atoms with E-state index in [-0.39, 0.29) is 12.3 Å². The molecular weight excluding hydrogens is 637 g/mol. The average molecular weight is 669 g/mol. The lowest BCUT2D eigenvalue weighted by molar-refractivity contribution is 0.408. The van der Waals surface area contributed by atoms with Crippen LogP contribution in [-0.4, -0.2) is 5.84 Å². The van der Waals surface area contributed by atoms with Crippen molar-refractivity contribution in [2.75, 3.05) is 0 Å². The molecule has 5 nitrogen and oxygen atoms in total. The third kappa shape index (κ3) is 4.62. The summed E-state index contributed by atoms with van der Waals surface area (Å²) in [6, 6.07) is 61.5. The van der Waals surface area contributed by atoms with Crippen LogP contribution in [0.25, 0.3) is 22.3 Å². The van der Waals surface area contributed by atoms with Crippen LogP contribution in [0.2, 0.25) is 0 Å². The van der Waals surface area contributed by atoms with Gasteiger partial charge in [0.15, 0.2) is 0 Å². The van der Waals surface area contributed by atoms with Gasteiger partial charge in [0.05, 0.1) is 17.0 Å². The summed E-state index contributed by atoms with van der Waals surface area (Å²) in [6.45, 7) is 0.